The van der Waals surface area contributed by atoms with Crippen molar-refractivity contribution in [1.29, 1.82) is 0 Å². The van der Waals surface area contributed by atoms with Crippen LogP contribution in [0.25, 0.3) is 10.6 Å². The van der Waals surface area contributed by atoms with Gasteiger partial charge in [0.25, 0.3) is 5.91 Å². The van der Waals surface area contributed by atoms with Gasteiger partial charge >= 0.3 is 0 Å². The van der Waals surface area contributed by atoms with Crippen LogP contribution in [0.15, 0.2) is 22.2 Å². The minimum atomic E-state index is -0.482. The lowest BCUT2D eigenvalue weighted by atomic mass is 10.2. The first-order valence-electron chi connectivity index (χ1n) is 6.15. The Labute approximate surface area is 120 Å². The molecule has 0 fully saturated rings. The molecule has 1 atom stereocenters. The second kappa shape index (κ2) is 6.79. The summed E-state index contributed by atoms with van der Waals surface area (Å²) in [6, 6.07) is 1.98. The van der Waals surface area contributed by atoms with Crippen LogP contribution >= 0.6 is 22.7 Å². The van der Waals surface area contributed by atoms with E-state index < -0.39 is 6.10 Å². The van der Waals surface area contributed by atoms with Gasteiger partial charge in [0.05, 0.1) is 6.10 Å². The van der Waals surface area contributed by atoms with Crippen molar-refractivity contribution < 1.29 is 9.90 Å². The Morgan fingerprint density at radius 2 is 2.37 bits per heavy atom. The predicted octanol–water partition coefficient (Wildman–Crippen LogP) is 2.76. The molecule has 2 aromatic rings. The molecule has 2 aromatic heterocycles. The number of nitrogens with one attached hydrogen (secondary N) is 1. The average molecular weight is 296 g/mol. The highest BCUT2D eigenvalue weighted by molar-refractivity contribution is 7.14. The molecule has 0 saturated carbocycles. The summed E-state index contributed by atoms with van der Waals surface area (Å²) in [6.07, 6.45) is 1.11. The molecule has 0 bridgehead atoms. The summed E-state index contributed by atoms with van der Waals surface area (Å²) in [5, 5.41) is 18.9. The Bertz CT molecular complexity index is 522. The van der Waals surface area contributed by atoms with E-state index in [4.69, 9.17) is 0 Å². The topological polar surface area (TPSA) is 62.2 Å². The zero-order valence-electron chi connectivity index (χ0n) is 10.6. The van der Waals surface area contributed by atoms with Crippen molar-refractivity contribution in [3.63, 3.8) is 0 Å². The molecule has 2 rings (SSSR count). The molecule has 2 heterocycles. The molecule has 0 spiro atoms. The van der Waals surface area contributed by atoms with Crippen LogP contribution in [0.1, 0.15) is 30.3 Å². The van der Waals surface area contributed by atoms with E-state index in [9.17, 15) is 9.90 Å². The number of carbonyl (C=O) groups excluding carboxylic acids is 1. The number of aliphatic hydroxyl groups excluding tert-OH is 1. The largest absolute Gasteiger partial charge is 0.391 e. The van der Waals surface area contributed by atoms with Gasteiger partial charge in [0.1, 0.15) is 10.7 Å². The van der Waals surface area contributed by atoms with Crippen LogP contribution in [0.3, 0.4) is 0 Å². The first-order valence-corrected chi connectivity index (χ1v) is 7.97. The maximum absolute atomic E-state index is 11.9. The van der Waals surface area contributed by atoms with Gasteiger partial charge in [-0.2, -0.15) is 11.3 Å². The van der Waals surface area contributed by atoms with Crippen molar-refractivity contribution >= 4 is 28.6 Å². The normalized spacial score (nSPS) is 12.3. The van der Waals surface area contributed by atoms with Gasteiger partial charge in [-0.3, -0.25) is 4.79 Å². The maximum Gasteiger partial charge on any atom is 0.270 e. The molecule has 19 heavy (non-hydrogen) atoms. The monoisotopic (exact) mass is 296 g/mol. The van der Waals surface area contributed by atoms with E-state index in [-0.39, 0.29) is 12.5 Å². The van der Waals surface area contributed by atoms with Crippen molar-refractivity contribution in [3.05, 3.63) is 27.9 Å². The number of aromatic nitrogens is 1. The highest BCUT2D eigenvalue weighted by Crippen LogP contribution is 2.25. The van der Waals surface area contributed by atoms with E-state index in [0.717, 1.165) is 17.0 Å². The Kier molecular flexibility index (Phi) is 5.07. The molecule has 1 amide bonds. The lowest BCUT2D eigenvalue weighted by Gasteiger charge is -2.09. The molecule has 0 aliphatic carbocycles. The molecule has 102 valence electrons. The second-order valence-corrected chi connectivity index (χ2v) is 5.84. The summed E-state index contributed by atoms with van der Waals surface area (Å²) in [5.41, 5.74) is 1.45. The van der Waals surface area contributed by atoms with E-state index in [0.29, 0.717) is 12.1 Å². The van der Waals surface area contributed by atoms with Crippen molar-refractivity contribution in [2.45, 2.75) is 25.9 Å². The molecule has 2 N–H and O–H groups in total. The minimum Gasteiger partial charge on any atom is -0.391 e. The number of aliphatic hydroxyl groups is 1. The summed E-state index contributed by atoms with van der Waals surface area (Å²) in [6.45, 7) is 2.27. The SMILES string of the molecule is CCCC(O)CNC(=O)c1csc(-c2ccsc2)n1. The smallest absolute Gasteiger partial charge is 0.270 e. The summed E-state index contributed by atoms with van der Waals surface area (Å²) in [5.74, 6) is -0.229. The van der Waals surface area contributed by atoms with Crippen LogP contribution < -0.4 is 5.32 Å². The first kappa shape index (κ1) is 14.2. The third kappa shape index (κ3) is 3.86. The zero-order chi connectivity index (χ0) is 13.7. The first-order chi connectivity index (χ1) is 9.20. The van der Waals surface area contributed by atoms with E-state index in [1.54, 1.807) is 16.7 Å². The minimum absolute atomic E-state index is 0.229. The van der Waals surface area contributed by atoms with Crippen molar-refractivity contribution in [3.8, 4) is 10.6 Å². The van der Waals surface area contributed by atoms with Gasteiger partial charge in [-0.05, 0) is 17.9 Å². The molecule has 0 radical (unpaired) electrons. The Morgan fingerprint density at radius 3 is 3.05 bits per heavy atom. The van der Waals surface area contributed by atoms with Crippen LogP contribution in [-0.2, 0) is 0 Å². The van der Waals surface area contributed by atoms with E-state index >= 15 is 0 Å². The van der Waals surface area contributed by atoms with E-state index in [1.807, 2.05) is 23.8 Å². The molecule has 0 saturated heterocycles. The van der Waals surface area contributed by atoms with Crippen LogP contribution in [-0.4, -0.2) is 28.6 Å². The number of carbonyl (C=O) groups is 1. The number of amides is 1. The standard InChI is InChI=1S/C13H16N2O2S2/c1-2-3-10(16)6-14-12(17)11-8-19-13(15-11)9-4-5-18-7-9/h4-5,7-8,10,16H,2-3,6H2,1H3,(H,14,17). The fraction of sp³-hybridized carbons (Fsp3) is 0.385. The van der Waals surface area contributed by atoms with Crippen LogP contribution in [0, 0.1) is 0 Å². The molecular weight excluding hydrogens is 280 g/mol. The Morgan fingerprint density at radius 1 is 1.53 bits per heavy atom. The van der Waals surface area contributed by atoms with Crippen LogP contribution in [0.5, 0.6) is 0 Å². The van der Waals surface area contributed by atoms with Gasteiger partial charge in [0.15, 0.2) is 0 Å². The fourth-order valence-corrected chi connectivity index (χ4v) is 3.15. The number of thiazole rings is 1. The summed E-state index contributed by atoms with van der Waals surface area (Å²) in [7, 11) is 0. The molecular formula is C13H16N2O2S2. The van der Waals surface area contributed by atoms with Gasteiger partial charge in [-0.1, -0.05) is 13.3 Å². The van der Waals surface area contributed by atoms with Crippen LogP contribution in [0.4, 0.5) is 0 Å². The van der Waals surface area contributed by atoms with Crippen molar-refractivity contribution in [2.75, 3.05) is 6.54 Å². The van der Waals surface area contributed by atoms with Crippen LogP contribution in [0.2, 0.25) is 0 Å². The van der Waals surface area contributed by atoms with Gasteiger partial charge in [0, 0.05) is 22.9 Å². The number of rotatable bonds is 6. The third-order valence-corrected chi connectivity index (χ3v) is 4.20. The highest BCUT2D eigenvalue weighted by Gasteiger charge is 2.13. The predicted molar refractivity (Wildman–Crippen MR) is 78.7 cm³/mol. The lowest BCUT2D eigenvalue weighted by molar-refractivity contribution is 0.0906. The lowest BCUT2D eigenvalue weighted by Crippen LogP contribution is -2.32. The zero-order valence-corrected chi connectivity index (χ0v) is 12.3. The number of nitrogens with zero attached hydrogens (tertiary/aromatic N) is 1. The number of hydrogen-bond acceptors (Lipinski definition) is 5. The van der Waals surface area contributed by atoms with E-state index in [2.05, 4.69) is 10.3 Å². The van der Waals surface area contributed by atoms with Crippen molar-refractivity contribution in [2.24, 2.45) is 0 Å². The second-order valence-electron chi connectivity index (χ2n) is 4.20. The average Bonchev–Trinajstić information content (AvgIpc) is 3.06. The molecule has 0 aliphatic heterocycles. The Balaban J connectivity index is 1.93. The molecule has 4 nitrogen and oxygen atoms in total. The summed E-state index contributed by atoms with van der Waals surface area (Å²) >= 11 is 3.06. The summed E-state index contributed by atoms with van der Waals surface area (Å²) in [4.78, 5) is 16.2. The van der Waals surface area contributed by atoms with E-state index in [1.165, 1.54) is 11.3 Å². The van der Waals surface area contributed by atoms with Gasteiger partial charge < -0.3 is 10.4 Å². The van der Waals surface area contributed by atoms with Gasteiger partial charge in [-0.25, -0.2) is 4.98 Å². The summed E-state index contributed by atoms with van der Waals surface area (Å²) < 4.78 is 0. The quantitative estimate of drug-likeness (QED) is 0.861. The fourth-order valence-electron chi connectivity index (χ4n) is 1.63. The maximum atomic E-state index is 11.9. The number of hydrogen-bond donors (Lipinski definition) is 2. The van der Waals surface area contributed by atoms with Crippen molar-refractivity contribution in [1.82, 2.24) is 10.3 Å². The molecule has 0 aliphatic rings. The molecule has 1 unspecified atom stereocenters. The third-order valence-electron chi connectivity index (χ3n) is 2.63. The van der Waals surface area contributed by atoms with Gasteiger partial charge in [0.2, 0.25) is 0 Å². The number of thiophene rings is 1. The van der Waals surface area contributed by atoms with Gasteiger partial charge in [-0.15, -0.1) is 11.3 Å². The highest BCUT2D eigenvalue weighted by atomic mass is 32.1. The molecule has 6 heteroatoms. The Hall–Kier alpha value is -1.24. The molecule has 0 aromatic carbocycles.